The molecule has 0 aromatic heterocycles. The summed E-state index contributed by atoms with van der Waals surface area (Å²) in [7, 11) is -3.54. The molecule has 0 aliphatic rings. The summed E-state index contributed by atoms with van der Waals surface area (Å²) in [6.07, 6.45) is 2.35. The van der Waals surface area contributed by atoms with E-state index < -0.39 is 16.1 Å². The van der Waals surface area contributed by atoms with E-state index in [0.29, 0.717) is 30.2 Å². The highest BCUT2D eigenvalue weighted by atomic mass is 35.5. The Hall–Kier alpha value is -2.58. The Morgan fingerprint density at radius 1 is 1.12 bits per heavy atom. The molecule has 2 amide bonds. The maximum absolute atomic E-state index is 13.2. The minimum absolute atomic E-state index is 0.108. The Balaban J connectivity index is 2.14. The van der Waals surface area contributed by atoms with E-state index in [1.165, 1.54) is 4.31 Å². The van der Waals surface area contributed by atoms with Crippen LogP contribution >= 0.6 is 11.6 Å². The van der Waals surface area contributed by atoms with Crippen LogP contribution in [0, 0.1) is 6.92 Å². The Morgan fingerprint density at radius 2 is 1.79 bits per heavy atom. The highest BCUT2D eigenvalue weighted by Crippen LogP contribution is 2.21. The van der Waals surface area contributed by atoms with Crippen molar-refractivity contribution in [2.45, 2.75) is 52.6 Å². The highest BCUT2D eigenvalue weighted by molar-refractivity contribution is 7.92. The molecule has 0 fully saturated rings. The summed E-state index contributed by atoms with van der Waals surface area (Å²) in [5.41, 5.74) is 2.49. The lowest BCUT2D eigenvalue weighted by Gasteiger charge is -2.29. The number of amides is 2. The summed E-state index contributed by atoms with van der Waals surface area (Å²) < 4.78 is 25.9. The van der Waals surface area contributed by atoms with E-state index in [0.717, 1.165) is 23.8 Å². The van der Waals surface area contributed by atoms with E-state index >= 15 is 0 Å². The van der Waals surface area contributed by atoms with Crippen LogP contribution in [0.25, 0.3) is 0 Å². The van der Waals surface area contributed by atoms with Crippen molar-refractivity contribution in [1.29, 1.82) is 0 Å². The molecule has 2 aromatic carbocycles. The minimum atomic E-state index is -3.54. The average molecular weight is 508 g/mol. The molecule has 34 heavy (non-hydrogen) atoms. The fourth-order valence-electron chi connectivity index (χ4n) is 3.60. The van der Waals surface area contributed by atoms with Gasteiger partial charge < -0.3 is 10.2 Å². The molecule has 2 rings (SSSR count). The zero-order valence-electron chi connectivity index (χ0n) is 20.3. The van der Waals surface area contributed by atoms with Crippen LogP contribution in [0.2, 0.25) is 5.02 Å². The summed E-state index contributed by atoms with van der Waals surface area (Å²) in [5, 5.41) is 3.36. The number of carbonyl (C=O) groups is 2. The maximum atomic E-state index is 13.2. The third kappa shape index (κ3) is 8.33. The minimum Gasteiger partial charge on any atom is -0.354 e. The molecule has 1 N–H and O–H groups in total. The zero-order valence-corrected chi connectivity index (χ0v) is 21.8. The Bertz CT molecular complexity index is 1070. The van der Waals surface area contributed by atoms with Crippen LogP contribution in [0.3, 0.4) is 0 Å². The van der Waals surface area contributed by atoms with Crippen LogP contribution in [0.5, 0.6) is 0 Å². The third-order valence-corrected chi connectivity index (χ3v) is 6.86. The van der Waals surface area contributed by atoms with E-state index in [-0.39, 0.29) is 24.8 Å². The molecule has 0 spiro atoms. The summed E-state index contributed by atoms with van der Waals surface area (Å²) in [6.45, 7) is 6.64. The van der Waals surface area contributed by atoms with Crippen LogP contribution < -0.4 is 9.62 Å². The van der Waals surface area contributed by atoms with Crippen molar-refractivity contribution < 1.29 is 18.0 Å². The van der Waals surface area contributed by atoms with Gasteiger partial charge in [-0.15, -0.1) is 0 Å². The van der Waals surface area contributed by atoms with Crippen LogP contribution in [0.4, 0.5) is 5.69 Å². The third-order valence-electron chi connectivity index (χ3n) is 5.42. The van der Waals surface area contributed by atoms with Gasteiger partial charge in [0.15, 0.2) is 0 Å². The first-order valence-corrected chi connectivity index (χ1v) is 13.6. The van der Waals surface area contributed by atoms with Crippen molar-refractivity contribution in [1.82, 2.24) is 10.2 Å². The van der Waals surface area contributed by atoms with Gasteiger partial charge in [-0.1, -0.05) is 48.4 Å². The molecule has 7 nitrogen and oxygen atoms in total. The zero-order chi connectivity index (χ0) is 25.3. The van der Waals surface area contributed by atoms with Crippen LogP contribution in [-0.4, -0.2) is 50.5 Å². The summed E-state index contributed by atoms with van der Waals surface area (Å²) in [6, 6.07) is 13.7. The number of sulfonamides is 1. The monoisotopic (exact) mass is 507 g/mol. The number of anilines is 1. The van der Waals surface area contributed by atoms with E-state index in [4.69, 9.17) is 11.6 Å². The standard InChI is InChI=1S/C25H34ClN3O4S/c1-5-15-27-25(31)20(3)28(18-21-9-6-8-19(2)17-21)24(30)10-7-16-29(34(4,32)33)23-13-11-22(26)12-14-23/h6,8-9,11-14,17,20H,5,7,10,15-16,18H2,1-4H3,(H,27,31)/t20-/m0/s1. The SMILES string of the molecule is CCCNC(=O)[C@H](C)N(Cc1cccc(C)c1)C(=O)CCCN(c1ccc(Cl)cc1)S(C)(=O)=O. The van der Waals surface area contributed by atoms with Crippen molar-refractivity contribution in [2.24, 2.45) is 0 Å². The topological polar surface area (TPSA) is 86.8 Å². The fourth-order valence-corrected chi connectivity index (χ4v) is 4.69. The first-order chi connectivity index (χ1) is 16.0. The molecule has 0 heterocycles. The highest BCUT2D eigenvalue weighted by Gasteiger charge is 2.26. The van der Waals surface area contributed by atoms with Crippen molar-refractivity contribution >= 4 is 39.1 Å². The van der Waals surface area contributed by atoms with E-state index in [2.05, 4.69) is 5.32 Å². The number of carbonyl (C=O) groups excluding carboxylic acids is 2. The summed E-state index contributed by atoms with van der Waals surface area (Å²) in [5.74, 6) is -0.410. The van der Waals surface area contributed by atoms with Gasteiger partial charge in [0.05, 0.1) is 11.9 Å². The predicted octanol–water partition coefficient (Wildman–Crippen LogP) is 4.14. The van der Waals surface area contributed by atoms with Crippen molar-refractivity contribution in [3.63, 3.8) is 0 Å². The maximum Gasteiger partial charge on any atom is 0.242 e. The number of benzene rings is 2. The van der Waals surface area contributed by atoms with Gasteiger partial charge in [-0.25, -0.2) is 8.42 Å². The van der Waals surface area contributed by atoms with Gasteiger partial charge in [0.25, 0.3) is 0 Å². The molecule has 0 saturated heterocycles. The molecule has 2 aromatic rings. The second-order valence-electron chi connectivity index (χ2n) is 8.39. The summed E-state index contributed by atoms with van der Waals surface area (Å²) in [4.78, 5) is 27.4. The predicted molar refractivity (Wildman–Crippen MR) is 137 cm³/mol. The van der Waals surface area contributed by atoms with Crippen LogP contribution in [-0.2, 0) is 26.2 Å². The number of hydrogen-bond acceptors (Lipinski definition) is 4. The fraction of sp³-hybridized carbons (Fsp3) is 0.440. The Morgan fingerprint density at radius 3 is 2.38 bits per heavy atom. The molecule has 1 atom stereocenters. The molecule has 186 valence electrons. The number of halogens is 1. The van der Waals surface area contributed by atoms with Crippen molar-refractivity contribution in [3.05, 3.63) is 64.7 Å². The lowest BCUT2D eigenvalue weighted by Crippen LogP contribution is -2.47. The molecule has 0 unspecified atom stereocenters. The van der Waals surface area contributed by atoms with Gasteiger partial charge >= 0.3 is 0 Å². The number of nitrogens with zero attached hydrogens (tertiary/aromatic N) is 2. The smallest absolute Gasteiger partial charge is 0.242 e. The lowest BCUT2D eigenvalue weighted by molar-refractivity contribution is -0.140. The van der Waals surface area contributed by atoms with Crippen molar-refractivity contribution in [3.8, 4) is 0 Å². The molecular weight excluding hydrogens is 474 g/mol. The first kappa shape index (κ1) is 27.7. The van der Waals surface area contributed by atoms with Gasteiger partial charge in [-0.3, -0.25) is 13.9 Å². The van der Waals surface area contributed by atoms with Crippen molar-refractivity contribution in [2.75, 3.05) is 23.7 Å². The average Bonchev–Trinajstić information content (AvgIpc) is 2.78. The van der Waals surface area contributed by atoms with Gasteiger partial charge in [0.2, 0.25) is 21.8 Å². The lowest BCUT2D eigenvalue weighted by atomic mass is 10.1. The molecule has 9 heteroatoms. The number of hydrogen-bond donors (Lipinski definition) is 1. The first-order valence-electron chi connectivity index (χ1n) is 11.4. The summed E-state index contributed by atoms with van der Waals surface area (Å²) >= 11 is 5.92. The quantitative estimate of drug-likeness (QED) is 0.467. The second kappa shape index (κ2) is 12.8. The Kier molecular flexibility index (Phi) is 10.4. The number of aryl methyl sites for hydroxylation is 1. The molecule has 0 aliphatic heterocycles. The normalized spacial score (nSPS) is 12.1. The van der Waals surface area contributed by atoms with E-state index in [1.54, 1.807) is 36.1 Å². The number of nitrogens with one attached hydrogen (secondary N) is 1. The molecule has 0 aliphatic carbocycles. The van der Waals surface area contributed by atoms with Crippen LogP contribution in [0.1, 0.15) is 44.2 Å². The molecule has 0 saturated carbocycles. The second-order valence-corrected chi connectivity index (χ2v) is 10.7. The van der Waals surface area contributed by atoms with Gasteiger partial charge in [0.1, 0.15) is 6.04 Å². The number of rotatable bonds is 12. The largest absolute Gasteiger partial charge is 0.354 e. The van der Waals surface area contributed by atoms with Gasteiger partial charge in [-0.05, 0) is 56.5 Å². The van der Waals surface area contributed by atoms with Gasteiger partial charge in [-0.2, -0.15) is 0 Å². The van der Waals surface area contributed by atoms with Crippen LogP contribution in [0.15, 0.2) is 48.5 Å². The molecule has 0 radical (unpaired) electrons. The van der Waals surface area contributed by atoms with E-state index in [1.807, 2.05) is 38.1 Å². The van der Waals surface area contributed by atoms with E-state index in [9.17, 15) is 18.0 Å². The molecular formula is C25H34ClN3O4S. The van der Waals surface area contributed by atoms with Gasteiger partial charge in [0, 0.05) is 31.1 Å². The Labute approximate surface area is 208 Å². The molecule has 0 bridgehead atoms.